The van der Waals surface area contributed by atoms with Crippen LogP contribution >= 0.6 is 0 Å². The second-order valence-corrected chi connectivity index (χ2v) is 5.99. The van der Waals surface area contributed by atoms with Gasteiger partial charge in [0.1, 0.15) is 0 Å². The van der Waals surface area contributed by atoms with Crippen molar-refractivity contribution in [2.45, 2.75) is 19.4 Å². The standard InChI is InChI=1S/C10H16N2O5S/c1-2-7(9(13)14)5-11-10(15)12-8-3-4-18(16,17)6-8/h3-4,7-8H,2,5-6H2,1H3,(H,13,14)(H2,11,12,15). The van der Waals surface area contributed by atoms with Crippen LogP contribution in [0.3, 0.4) is 0 Å². The highest BCUT2D eigenvalue weighted by Crippen LogP contribution is 2.07. The van der Waals surface area contributed by atoms with Crippen molar-refractivity contribution in [3.63, 3.8) is 0 Å². The summed E-state index contributed by atoms with van der Waals surface area (Å²) in [6.07, 6.45) is 1.80. The third-order valence-electron chi connectivity index (χ3n) is 2.60. The number of rotatable bonds is 5. The van der Waals surface area contributed by atoms with E-state index in [0.717, 1.165) is 5.41 Å². The Morgan fingerprint density at radius 3 is 2.61 bits per heavy atom. The Kier molecular flexibility index (Phi) is 4.71. The Morgan fingerprint density at radius 2 is 2.17 bits per heavy atom. The molecular weight excluding hydrogens is 260 g/mol. The van der Waals surface area contributed by atoms with Crippen molar-refractivity contribution in [2.75, 3.05) is 12.3 Å². The van der Waals surface area contributed by atoms with Gasteiger partial charge in [-0.15, -0.1) is 0 Å². The zero-order valence-corrected chi connectivity index (χ0v) is 10.7. The van der Waals surface area contributed by atoms with Gasteiger partial charge in [-0.05, 0) is 12.5 Å². The van der Waals surface area contributed by atoms with Gasteiger partial charge in [-0.1, -0.05) is 6.92 Å². The minimum absolute atomic E-state index is 0.0147. The highest BCUT2D eigenvalue weighted by atomic mass is 32.2. The summed E-state index contributed by atoms with van der Waals surface area (Å²) >= 11 is 0. The van der Waals surface area contributed by atoms with E-state index in [-0.39, 0.29) is 12.3 Å². The topological polar surface area (TPSA) is 113 Å². The van der Waals surface area contributed by atoms with Crippen molar-refractivity contribution in [2.24, 2.45) is 5.92 Å². The molecule has 0 saturated carbocycles. The van der Waals surface area contributed by atoms with Gasteiger partial charge in [-0.3, -0.25) is 4.79 Å². The molecule has 3 N–H and O–H groups in total. The fourth-order valence-electron chi connectivity index (χ4n) is 1.51. The molecule has 1 aliphatic rings. The fourth-order valence-corrected chi connectivity index (χ4v) is 2.74. The van der Waals surface area contributed by atoms with Crippen LogP contribution in [0.15, 0.2) is 11.5 Å². The van der Waals surface area contributed by atoms with Crippen LogP contribution in [0.1, 0.15) is 13.3 Å². The normalized spacial score (nSPS) is 22.4. The van der Waals surface area contributed by atoms with E-state index in [0.29, 0.717) is 6.42 Å². The molecule has 18 heavy (non-hydrogen) atoms. The summed E-state index contributed by atoms with van der Waals surface area (Å²) in [5.41, 5.74) is 0. The number of amides is 2. The maximum absolute atomic E-state index is 11.4. The molecule has 0 fully saturated rings. The van der Waals surface area contributed by atoms with E-state index in [9.17, 15) is 18.0 Å². The van der Waals surface area contributed by atoms with E-state index >= 15 is 0 Å². The molecule has 1 aliphatic heterocycles. The maximum atomic E-state index is 11.4. The first-order valence-electron chi connectivity index (χ1n) is 5.52. The number of carbonyl (C=O) groups excluding carboxylic acids is 1. The second kappa shape index (κ2) is 5.85. The summed E-state index contributed by atoms with van der Waals surface area (Å²) in [5.74, 6) is -1.77. The predicted molar refractivity (Wildman–Crippen MR) is 64.7 cm³/mol. The van der Waals surface area contributed by atoms with Crippen LogP contribution in [0, 0.1) is 5.92 Å². The quantitative estimate of drug-likeness (QED) is 0.638. The molecule has 0 aromatic rings. The van der Waals surface area contributed by atoms with Crippen molar-refractivity contribution in [1.82, 2.24) is 10.6 Å². The summed E-state index contributed by atoms with van der Waals surface area (Å²) in [6, 6.07) is -1.12. The summed E-state index contributed by atoms with van der Waals surface area (Å²) < 4.78 is 22.2. The number of carboxylic acid groups (broad SMARTS) is 1. The number of nitrogens with one attached hydrogen (secondary N) is 2. The van der Waals surface area contributed by atoms with Gasteiger partial charge < -0.3 is 15.7 Å². The first kappa shape index (κ1) is 14.5. The zero-order valence-electron chi connectivity index (χ0n) is 9.92. The molecule has 0 spiro atoms. The molecule has 0 saturated heterocycles. The van der Waals surface area contributed by atoms with Gasteiger partial charge in [-0.2, -0.15) is 0 Å². The number of carbonyl (C=O) groups is 2. The Balaban J connectivity index is 2.35. The summed E-state index contributed by atoms with van der Waals surface area (Å²) in [7, 11) is -3.21. The summed E-state index contributed by atoms with van der Waals surface area (Å²) in [6.45, 7) is 1.73. The van der Waals surface area contributed by atoms with E-state index in [1.165, 1.54) is 6.08 Å². The highest BCUT2D eigenvalue weighted by Gasteiger charge is 2.23. The van der Waals surface area contributed by atoms with Gasteiger partial charge in [0, 0.05) is 12.0 Å². The number of carboxylic acids is 1. The zero-order chi connectivity index (χ0) is 13.8. The van der Waals surface area contributed by atoms with Crippen LogP contribution in [-0.4, -0.2) is 43.9 Å². The molecule has 2 unspecified atom stereocenters. The van der Waals surface area contributed by atoms with Crippen molar-refractivity contribution < 1.29 is 23.1 Å². The molecule has 1 heterocycles. The molecule has 0 bridgehead atoms. The van der Waals surface area contributed by atoms with Gasteiger partial charge in [-0.25, -0.2) is 13.2 Å². The Labute approximate surface area is 105 Å². The second-order valence-electron chi connectivity index (χ2n) is 4.06. The monoisotopic (exact) mass is 276 g/mol. The number of sulfone groups is 1. The average molecular weight is 276 g/mol. The highest BCUT2D eigenvalue weighted by molar-refractivity contribution is 7.94. The van der Waals surface area contributed by atoms with Crippen molar-refractivity contribution in [3.8, 4) is 0 Å². The van der Waals surface area contributed by atoms with E-state index in [2.05, 4.69) is 10.6 Å². The van der Waals surface area contributed by atoms with Gasteiger partial charge in [0.15, 0.2) is 9.84 Å². The first-order valence-corrected chi connectivity index (χ1v) is 7.23. The molecule has 0 aromatic carbocycles. The molecule has 1 rings (SSSR count). The average Bonchev–Trinajstić information content (AvgIpc) is 2.58. The van der Waals surface area contributed by atoms with Crippen LogP contribution < -0.4 is 10.6 Å². The molecule has 0 radical (unpaired) electrons. The summed E-state index contributed by atoms with van der Waals surface area (Å²) in [5, 5.41) is 14.7. The summed E-state index contributed by atoms with van der Waals surface area (Å²) in [4.78, 5) is 22.1. The maximum Gasteiger partial charge on any atom is 0.315 e. The van der Waals surface area contributed by atoms with E-state index in [4.69, 9.17) is 5.11 Å². The lowest BCUT2D eigenvalue weighted by Crippen LogP contribution is -2.44. The fraction of sp³-hybridized carbons (Fsp3) is 0.600. The molecular formula is C10H16N2O5S. The van der Waals surface area contributed by atoms with Crippen LogP contribution in [0.5, 0.6) is 0 Å². The van der Waals surface area contributed by atoms with Gasteiger partial charge in [0.2, 0.25) is 0 Å². The van der Waals surface area contributed by atoms with E-state index in [1.54, 1.807) is 6.92 Å². The number of urea groups is 1. The third-order valence-corrected chi connectivity index (χ3v) is 3.99. The third kappa shape index (κ3) is 4.36. The number of hydrogen-bond donors (Lipinski definition) is 3. The molecule has 2 atom stereocenters. The number of hydrogen-bond acceptors (Lipinski definition) is 4. The van der Waals surface area contributed by atoms with Gasteiger partial charge in [0.05, 0.1) is 17.7 Å². The number of aliphatic carboxylic acids is 1. The van der Waals surface area contributed by atoms with Crippen LogP contribution in [0.25, 0.3) is 0 Å². The lowest BCUT2D eigenvalue weighted by atomic mass is 10.1. The first-order chi connectivity index (χ1) is 8.34. The molecule has 2 amide bonds. The smallest absolute Gasteiger partial charge is 0.315 e. The Hall–Kier alpha value is -1.57. The molecule has 0 aliphatic carbocycles. The lowest BCUT2D eigenvalue weighted by molar-refractivity contribution is -0.141. The molecule has 7 nitrogen and oxygen atoms in total. The van der Waals surface area contributed by atoms with Crippen molar-refractivity contribution in [3.05, 3.63) is 11.5 Å². The molecule has 102 valence electrons. The minimum atomic E-state index is -3.21. The van der Waals surface area contributed by atoms with Crippen molar-refractivity contribution >= 4 is 21.8 Å². The SMILES string of the molecule is CCC(CNC(=O)NC1C=CS(=O)(=O)C1)C(=O)O. The van der Waals surface area contributed by atoms with Crippen LogP contribution in [-0.2, 0) is 14.6 Å². The van der Waals surface area contributed by atoms with E-state index in [1.807, 2.05) is 0 Å². The largest absolute Gasteiger partial charge is 0.481 e. The van der Waals surface area contributed by atoms with Crippen LogP contribution in [0.2, 0.25) is 0 Å². The predicted octanol–water partition coefficient (Wildman–Crippen LogP) is -0.293. The van der Waals surface area contributed by atoms with E-state index < -0.39 is 33.8 Å². The minimum Gasteiger partial charge on any atom is -0.481 e. The lowest BCUT2D eigenvalue weighted by Gasteiger charge is -2.14. The molecule has 8 heteroatoms. The van der Waals surface area contributed by atoms with Gasteiger partial charge in [0.25, 0.3) is 0 Å². The Bertz CT molecular complexity index is 457. The van der Waals surface area contributed by atoms with Crippen LogP contribution in [0.4, 0.5) is 4.79 Å². The van der Waals surface area contributed by atoms with Crippen molar-refractivity contribution in [1.29, 1.82) is 0 Å². The molecule has 0 aromatic heterocycles. The Morgan fingerprint density at radius 1 is 1.50 bits per heavy atom. The van der Waals surface area contributed by atoms with Gasteiger partial charge >= 0.3 is 12.0 Å².